The smallest absolute Gasteiger partial charge is 0.250 e. The molecular formula is C18H18ClF2N3O2S. The molecule has 3 rings (SSSR count). The number of anilines is 2. The van der Waals surface area contributed by atoms with Crippen molar-refractivity contribution in [2.24, 2.45) is 0 Å². The van der Waals surface area contributed by atoms with Crippen molar-refractivity contribution in [1.82, 2.24) is 4.98 Å². The van der Waals surface area contributed by atoms with Gasteiger partial charge >= 0.3 is 0 Å². The summed E-state index contributed by atoms with van der Waals surface area (Å²) in [7, 11) is 0.133. The first-order chi connectivity index (χ1) is 12.7. The predicted octanol–water partition coefficient (Wildman–Crippen LogP) is 3.19. The third kappa shape index (κ3) is 3.82. The van der Waals surface area contributed by atoms with Crippen molar-refractivity contribution in [3.8, 4) is 0 Å². The highest BCUT2D eigenvalue weighted by atomic mass is 35.5. The van der Waals surface area contributed by atoms with Gasteiger partial charge in [-0.2, -0.15) is 0 Å². The maximum Gasteiger partial charge on any atom is 0.250 e. The van der Waals surface area contributed by atoms with Crippen LogP contribution in [0.4, 0.5) is 20.3 Å². The van der Waals surface area contributed by atoms with Gasteiger partial charge in [-0.3, -0.25) is 9.00 Å². The van der Waals surface area contributed by atoms with E-state index in [-0.39, 0.29) is 17.3 Å². The normalized spacial score (nSPS) is 19.4. The molecule has 0 bridgehead atoms. The Bertz CT molecular complexity index is 921. The van der Waals surface area contributed by atoms with Gasteiger partial charge in [0.2, 0.25) is 0 Å². The van der Waals surface area contributed by atoms with Crippen molar-refractivity contribution in [1.29, 1.82) is 0 Å². The molecule has 144 valence electrons. The van der Waals surface area contributed by atoms with E-state index in [0.717, 1.165) is 28.3 Å². The van der Waals surface area contributed by atoms with E-state index in [1.807, 2.05) is 26.0 Å². The number of nitrogens with zero attached hydrogens (tertiary/aromatic N) is 3. The van der Waals surface area contributed by atoms with Crippen LogP contribution in [0.15, 0.2) is 24.3 Å². The van der Waals surface area contributed by atoms with Crippen LogP contribution < -0.4 is 9.80 Å². The molecule has 0 N–H and O–H groups in total. The van der Waals surface area contributed by atoms with Crippen molar-refractivity contribution in [2.45, 2.75) is 19.9 Å². The van der Waals surface area contributed by atoms with Crippen molar-refractivity contribution < 1.29 is 17.8 Å². The maximum atomic E-state index is 14.3. The molecule has 27 heavy (non-hydrogen) atoms. The number of carbonyl (C=O) groups excluding carboxylic acids is 1. The maximum absolute atomic E-state index is 14.3. The first-order valence-electron chi connectivity index (χ1n) is 8.17. The van der Waals surface area contributed by atoms with Gasteiger partial charge in [0.15, 0.2) is 5.82 Å². The summed E-state index contributed by atoms with van der Waals surface area (Å²) < 4.78 is 39.9. The highest BCUT2D eigenvalue weighted by Gasteiger charge is 2.38. The fraction of sp³-hybridized carbons (Fsp3) is 0.333. The lowest BCUT2D eigenvalue weighted by molar-refractivity contribution is -0.119. The molecule has 9 heteroatoms. The number of rotatable bonds is 3. The standard InChI is InChI=1S/C18H18ClF2N3O2S/c1-10-6-11(2)22-15(7-10)24-9-27(26)8-14(24)18(25)23(3)13-5-4-12(20)16(19)17(13)21/h4-7,14H,8-9H2,1-3H3/t14-,27?/m1/s1. The Balaban J connectivity index is 1.94. The van der Waals surface area contributed by atoms with Crippen LogP contribution in [0.2, 0.25) is 5.02 Å². The molecule has 2 aromatic rings. The number of likely N-dealkylation sites (N-methyl/N-ethyl adjacent to an activating group) is 1. The molecule has 1 aliphatic rings. The molecule has 0 saturated carbocycles. The summed E-state index contributed by atoms with van der Waals surface area (Å²) in [6, 6.07) is 5.09. The molecule has 1 aromatic heterocycles. The first kappa shape index (κ1) is 19.7. The van der Waals surface area contributed by atoms with Gasteiger partial charge in [0.05, 0.1) is 17.3 Å². The molecule has 1 saturated heterocycles. The Labute approximate surface area is 163 Å². The fourth-order valence-electron chi connectivity index (χ4n) is 3.08. The summed E-state index contributed by atoms with van der Waals surface area (Å²) in [6.45, 7) is 3.74. The van der Waals surface area contributed by atoms with Crippen molar-refractivity contribution >= 4 is 39.8 Å². The van der Waals surface area contributed by atoms with Gasteiger partial charge in [0, 0.05) is 23.5 Å². The lowest BCUT2D eigenvalue weighted by Crippen LogP contribution is -2.46. The number of halogens is 3. The van der Waals surface area contributed by atoms with E-state index in [1.165, 1.54) is 7.05 Å². The summed E-state index contributed by atoms with van der Waals surface area (Å²) in [5, 5.41) is -0.671. The molecule has 1 amide bonds. The van der Waals surface area contributed by atoms with Gasteiger partial charge in [0.1, 0.15) is 22.7 Å². The quantitative estimate of drug-likeness (QED) is 0.725. The van der Waals surface area contributed by atoms with Crippen LogP contribution in [0.5, 0.6) is 0 Å². The minimum Gasteiger partial charge on any atom is -0.332 e. The average molecular weight is 414 g/mol. The van der Waals surface area contributed by atoms with Gasteiger partial charge < -0.3 is 9.80 Å². The number of hydrogen-bond donors (Lipinski definition) is 0. The van der Waals surface area contributed by atoms with Crippen LogP contribution in [0.3, 0.4) is 0 Å². The van der Waals surface area contributed by atoms with Crippen LogP contribution >= 0.6 is 11.6 Å². The van der Waals surface area contributed by atoms with Crippen molar-refractivity contribution in [2.75, 3.05) is 28.5 Å². The number of aryl methyl sites for hydroxylation is 2. The van der Waals surface area contributed by atoms with E-state index < -0.39 is 39.4 Å². The molecule has 1 unspecified atom stereocenters. The van der Waals surface area contributed by atoms with Crippen LogP contribution in [0, 0.1) is 25.5 Å². The topological polar surface area (TPSA) is 53.5 Å². The van der Waals surface area contributed by atoms with Gasteiger partial charge in [-0.25, -0.2) is 13.8 Å². The molecule has 1 aromatic carbocycles. The second-order valence-corrected chi connectivity index (χ2v) is 8.31. The molecule has 1 fully saturated rings. The summed E-state index contributed by atoms with van der Waals surface area (Å²) in [5.41, 5.74) is 1.60. The molecule has 0 spiro atoms. The van der Waals surface area contributed by atoms with Gasteiger partial charge in [-0.15, -0.1) is 0 Å². The number of hydrogen-bond acceptors (Lipinski definition) is 4. The monoisotopic (exact) mass is 413 g/mol. The van der Waals surface area contributed by atoms with Crippen molar-refractivity contribution in [3.63, 3.8) is 0 Å². The number of amides is 1. The van der Waals surface area contributed by atoms with Crippen LogP contribution in [0.1, 0.15) is 11.3 Å². The second-order valence-electron chi connectivity index (χ2n) is 6.46. The van der Waals surface area contributed by atoms with Gasteiger partial charge in [-0.05, 0) is 43.7 Å². The van der Waals surface area contributed by atoms with E-state index >= 15 is 0 Å². The van der Waals surface area contributed by atoms with E-state index in [1.54, 1.807) is 4.90 Å². The largest absolute Gasteiger partial charge is 0.332 e. The molecular weight excluding hydrogens is 396 g/mol. The number of aromatic nitrogens is 1. The van der Waals surface area contributed by atoms with Crippen LogP contribution in [-0.2, 0) is 15.6 Å². The van der Waals surface area contributed by atoms with E-state index in [2.05, 4.69) is 4.98 Å². The molecule has 5 nitrogen and oxygen atoms in total. The van der Waals surface area contributed by atoms with E-state index in [0.29, 0.717) is 5.82 Å². The van der Waals surface area contributed by atoms with E-state index in [4.69, 9.17) is 11.6 Å². The molecule has 2 atom stereocenters. The summed E-state index contributed by atoms with van der Waals surface area (Å²) in [5.74, 6) is -1.57. The summed E-state index contributed by atoms with van der Waals surface area (Å²) >= 11 is 5.62. The second kappa shape index (κ2) is 7.52. The minimum absolute atomic E-state index is 0.106. The Kier molecular flexibility index (Phi) is 5.48. The summed E-state index contributed by atoms with van der Waals surface area (Å²) in [6.07, 6.45) is 0. The number of pyridine rings is 1. The Morgan fingerprint density at radius 2 is 2.04 bits per heavy atom. The number of carbonyl (C=O) groups is 1. The molecule has 0 radical (unpaired) electrons. The zero-order valence-electron chi connectivity index (χ0n) is 15.0. The van der Waals surface area contributed by atoms with Crippen LogP contribution in [-0.4, -0.2) is 39.8 Å². The SMILES string of the molecule is Cc1cc(C)nc(N2CS(=O)C[C@@H]2C(=O)N(C)c2ccc(F)c(Cl)c2F)c1. The third-order valence-electron chi connectivity index (χ3n) is 4.37. The fourth-order valence-corrected chi connectivity index (χ4v) is 4.64. The first-order valence-corrected chi connectivity index (χ1v) is 10.0. The highest BCUT2D eigenvalue weighted by molar-refractivity contribution is 7.85. The third-order valence-corrected chi connectivity index (χ3v) is 5.97. The lowest BCUT2D eigenvalue weighted by Gasteiger charge is -2.28. The average Bonchev–Trinajstić information content (AvgIpc) is 2.99. The Morgan fingerprint density at radius 1 is 1.33 bits per heavy atom. The van der Waals surface area contributed by atoms with Gasteiger partial charge in [0.25, 0.3) is 5.91 Å². The zero-order chi connectivity index (χ0) is 19.9. The Morgan fingerprint density at radius 3 is 2.70 bits per heavy atom. The molecule has 1 aliphatic heterocycles. The highest BCUT2D eigenvalue weighted by Crippen LogP contribution is 2.30. The van der Waals surface area contributed by atoms with E-state index in [9.17, 15) is 17.8 Å². The predicted molar refractivity (Wildman–Crippen MR) is 103 cm³/mol. The van der Waals surface area contributed by atoms with Crippen LogP contribution in [0.25, 0.3) is 0 Å². The number of benzene rings is 1. The zero-order valence-corrected chi connectivity index (χ0v) is 16.6. The minimum atomic E-state index is -1.25. The lowest BCUT2D eigenvalue weighted by atomic mass is 10.2. The Hall–Kier alpha value is -2.06. The van der Waals surface area contributed by atoms with Gasteiger partial charge in [-0.1, -0.05) is 11.6 Å². The molecule has 0 aliphatic carbocycles. The van der Waals surface area contributed by atoms with Crippen molar-refractivity contribution in [3.05, 3.63) is 52.2 Å². The molecule has 2 heterocycles. The summed E-state index contributed by atoms with van der Waals surface area (Å²) in [4.78, 5) is 20.2.